The number of rotatable bonds is 4. The van der Waals surface area contributed by atoms with Crippen LogP contribution in [0.2, 0.25) is 0 Å². The van der Waals surface area contributed by atoms with E-state index in [1.807, 2.05) is 0 Å². The summed E-state index contributed by atoms with van der Waals surface area (Å²) in [5.74, 6) is 0.353. The molecule has 0 saturated heterocycles. The van der Waals surface area contributed by atoms with Crippen LogP contribution in [0.1, 0.15) is 34.6 Å². The second kappa shape index (κ2) is 6.22. The first-order chi connectivity index (χ1) is 10.2. The highest BCUT2D eigenvalue weighted by atomic mass is 32.2. The Kier molecular flexibility index (Phi) is 4.15. The maximum absolute atomic E-state index is 12.1. The number of Topliss-reactive ketones (excluding diaryl/α,β-unsaturated/α-hetero) is 1. The molecule has 0 spiro atoms. The number of fused-ring (bicyclic) bond motifs is 1. The molecule has 21 heavy (non-hydrogen) atoms. The quantitative estimate of drug-likeness (QED) is 0.530. The van der Waals surface area contributed by atoms with Crippen LogP contribution in [0.25, 0.3) is 0 Å². The summed E-state index contributed by atoms with van der Waals surface area (Å²) in [6, 6.07) is 6.94. The maximum Gasteiger partial charge on any atom is 0.209 e. The van der Waals surface area contributed by atoms with Crippen molar-refractivity contribution in [3.8, 4) is 0 Å². The molecule has 1 aliphatic carbocycles. The Bertz CT molecular complexity index is 657. The predicted molar refractivity (Wildman–Crippen MR) is 82.4 cm³/mol. The van der Waals surface area contributed by atoms with E-state index >= 15 is 0 Å². The fourth-order valence-corrected chi connectivity index (χ4v) is 2.99. The average Bonchev–Trinajstić information content (AvgIpc) is 2.53. The molecule has 1 aromatic carbocycles. The van der Waals surface area contributed by atoms with Crippen molar-refractivity contribution in [2.45, 2.75) is 30.8 Å². The number of carbonyl (C=O) groups excluding carboxylic acids is 1. The van der Waals surface area contributed by atoms with Crippen LogP contribution < -0.4 is 5.73 Å². The van der Waals surface area contributed by atoms with Gasteiger partial charge in [0.25, 0.3) is 0 Å². The van der Waals surface area contributed by atoms with Crippen molar-refractivity contribution >= 4 is 23.2 Å². The third-order valence-electron chi connectivity index (χ3n) is 3.46. The Morgan fingerprint density at radius 1 is 1.10 bits per heavy atom. The van der Waals surface area contributed by atoms with Crippen molar-refractivity contribution in [2.24, 2.45) is 0 Å². The molecule has 2 aromatic rings. The van der Waals surface area contributed by atoms with E-state index in [-0.39, 0.29) is 5.78 Å². The van der Waals surface area contributed by atoms with Crippen molar-refractivity contribution in [1.82, 2.24) is 15.2 Å². The zero-order valence-corrected chi connectivity index (χ0v) is 12.4. The number of hydrogen-bond acceptors (Lipinski definition) is 6. The van der Waals surface area contributed by atoms with Gasteiger partial charge in [0.05, 0.1) is 17.1 Å². The zero-order valence-electron chi connectivity index (χ0n) is 11.6. The van der Waals surface area contributed by atoms with E-state index in [1.54, 1.807) is 24.3 Å². The normalized spacial score (nSPS) is 13.7. The number of nitrogens with two attached hydrogens (primary N) is 1. The third-order valence-corrected chi connectivity index (χ3v) is 4.30. The highest BCUT2D eigenvalue weighted by Crippen LogP contribution is 2.20. The summed E-state index contributed by atoms with van der Waals surface area (Å²) >= 11 is 1.33. The number of benzene rings is 1. The maximum atomic E-state index is 12.1. The van der Waals surface area contributed by atoms with Gasteiger partial charge in [0.1, 0.15) is 0 Å². The lowest BCUT2D eigenvalue weighted by atomic mass is 10.0. The molecular formula is C15H16N4OS. The highest BCUT2D eigenvalue weighted by molar-refractivity contribution is 7.99. The minimum atomic E-state index is 0.0429. The third kappa shape index (κ3) is 3.39. The first kappa shape index (κ1) is 14.0. The number of nitrogen functional groups attached to an aromatic ring is 1. The summed E-state index contributed by atoms with van der Waals surface area (Å²) in [4.78, 5) is 16.6. The number of hydrogen-bond donors (Lipinski definition) is 1. The van der Waals surface area contributed by atoms with Gasteiger partial charge < -0.3 is 5.73 Å². The molecule has 1 aromatic heterocycles. The monoisotopic (exact) mass is 300 g/mol. The van der Waals surface area contributed by atoms with Gasteiger partial charge in [-0.1, -0.05) is 11.8 Å². The molecule has 0 amide bonds. The van der Waals surface area contributed by atoms with Gasteiger partial charge in [-0.15, -0.1) is 5.10 Å². The first-order valence-corrected chi connectivity index (χ1v) is 7.95. The Hall–Kier alpha value is -1.95. The van der Waals surface area contributed by atoms with Crippen LogP contribution in [0.4, 0.5) is 5.69 Å². The van der Waals surface area contributed by atoms with E-state index in [0.717, 1.165) is 37.1 Å². The number of carbonyl (C=O) groups is 1. The smallest absolute Gasteiger partial charge is 0.209 e. The fraction of sp³-hybridized carbons (Fsp3) is 0.333. The SMILES string of the molecule is Nc1ccc(C(=O)CSc2nnc3c(n2)CCCC3)cc1. The fourth-order valence-electron chi connectivity index (χ4n) is 2.29. The minimum Gasteiger partial charge on any atom is -0.399 e. The molecule has 2 N–H and O–H groups in total. The lowest BCUT2D eigenvalue weighted by Crippen LogP contribution is -2.11. The number of ketones is 1. The van der Waals surface area contributed by atoms with E-state index in [1.165, 1.54) is 11.8 Å². The van der Waals surface area contributed by atoms with Crippen LogP contribution in [-0.4, -0.2) is 26.7 Å². The zero-order chi connectivity index (χ0) is 14.7. The molecule has 0 fully saturated rings. The second-order valence-corrected chi connectivity index (χ2v) is 5.97. The van der Waals surface area contributed by atoms with Gasteiger partial charge in [0.15, 0.2) is 5.78 Å². The van der Waals surface area contributed by atoms with Crippen LogP contribution >= 0.6 is 11.8 Å². The Balaban J connectivity index is 1.64. The summed E-state index contributed by atoms with van der Waals surface area (Å²) in [5, 5.41) is 8.90. The van der Waals surface area contributed by atoms with E-state index in [4.69, 9.17) is 5.73 Å². The van der Waals surface area contributed by atoms with Crippen molar-refractivity contribution < 1.29 is 4.79 Å². The molecule has 0 saturated carbocycles. The summed E-state index contributed by atoms with van der Waals surface area (Å²) in [6.07, 6.45) is 4.24. The molecule has 1 heterocycles. The number of thioether (sulfide) groups is 1. The molecule has 1 aliphatic rings. The van der Waals surface area contributed by atoms with Crippen LogP contribution in [0.5, 0.6) is 0 Å². The second-order valence-electron chi connectivity index (χ2n) is 5.03. The van der Waals surface area contributed by atoms with Gasteiger partial charge >= 0.3 is 0 Å². The lowest BCUT2D eigenvalue weighted by Gasteiger charge is -2.12. The largest absolute Gasteiger partial charge is 0.399 e. The lowest BCUT2D eigenvalue weighted by molar-refractivity contribution is 0.102. The van der Waals surface area contributed by atoms with Gasteiger partial charge in [-0.2, -0.15) is 5.10 Å². The van der Waals surface area contributed by atoms with Crippen molar-refractivity contribution in [3.63, 3.8) is 0 Å². The first-order valence-electron chi connectivity index (χ1n) is 6.96. The number of aryl methyl sites for hydroxylation is 2. The molecule has 108 valence electrons. The molecule has 0 radical (unpaired) electrons. The molecular weight excluding hydrogens is 284 g/mol. The molecule has 0 atom stereocenters. The average molecular weight is 300 g/mol. The summed E-state index contributed by atoms with van der Waals surface area (Å²) in [5.41, 5.74) is 8.97. The summed E-state index contributed by atoms with van der Waals surface area (Å²) < 4.78 is 0. The van der Waals surface area contributed by atoms with E-state index in [9.17, 15) is 4.79 Å². The summed E-state index contributed by atoms with van der Waals surface area (Å²) in [6.45, 7) is 0. The van der Waals surface area contributed by atoms with Crippen LogP contribution in [0, 0.1) is 0 Å². The standard InChI is InChI=1S/C15H16N4OS/c16-11-7-5-10(6-8-11)14(20)9-21-15-17-12-3-1-2-4-13(12)18-19-15/h5-8H,1-4,9,16H2. The highest BCUT2D eigenvalue weighted by Gasteiger charge is 2.15. The number of nitrogens with zero attached hydrogens (tertiary/aromatic N) is 3. The molecule has 5 nitrogen and oxygen atoms in total. The Morgan fingerprint density at radius 2 is 1.81 bits per heavy atom. The topological polar surface area (TPSA) is 81.8 Å². The van der Waals surface area contributed by atoms with Gasteiger partial charge in [-0.05, 0) is 49.9 Å². The molecule has 0 aliphatic heterocycles. The van der Waals surface area contributed by atoms with Gasteiger partial charge in [-0.25, -0.2) is 4.98 Å². The van der Waals surface area contributed by atoms with Crippen LogP contribution in [-0.2, 0) is 12.8 Å². The van der Waals surface area contributed by atoms with Crippen molar-refractivity contribution in [2.75, 3.05) is 11.5 Å². The number of anilines is 1. The Labute approximate surface area is 127 Å². The molecule has 0 bridgehead atoms. The minimum absolute atomic E-state index is 0.0429. The molecule has 0 unspecified atom stereocenters. The number of aromatic nitrogens is 3. The van der Waals surface area contributed by atoms with Crippen molar-refractivity contribution in [1.29, 1.82) is 0 Å². The van der Waals surface area contributed by atoms with E-state index in [2.05, 4.69) is 15.2 Å². The molecule has 6 heteroatoms. The van der Waals surface area contributed by atoms with Gasteiger partial charge in [0.2, 0.25) is 5.16 Å². The van der Waals surface area contributed by atoms with Gasteiger partial charge in [0, 0.05) is 11.3 Å². The van der Waals surface area contributed by atoms with E-state index in [0.29, 0.717) is 22.2 Å². The van der Waals surface area contributed by atoms with Crippen LogP contribution in [0.15, 0.2) is 29.4 Å². The van der Waals surface area contributed by atoms with Crippen molar-refractivity contribution in [3.05, 3.63) is 41.2 Å². The Morgan fingerprint density at radius 3 is 2.57 bits per heavy atom. The van der Waals surface area contributed by atoms with Gasteiger partial charge in [-0.3, -0.25) is 4.79 Å². The molecule has 3 rings (SSSR count). The van der Waals surface area contributed by atoms with Crippen LogP contribution in [0.3, 0.4) is 0 Å². The predicted octanol–water partition coefficient (Wildman–Crippen LogP) is 2.31. The van der Waals surface area contributed by atoms with E-state index < -0.39 is 0 Å². The summed E-state index contributed by atoms with van der Waals surface area (Å²) in [7, 11) is 0.